The number of furan rings is 1. The Balaban J connectivity index is 1.19. The Morgan fingerprint density at radius 1 is 0.364 bits per heavy atom. The smallest absolute Gasteiger partial charge is 0.164 e. The fourth-order valence-electron chi connectivity index (χ4n) is 10.4. The first-order chi connectivity index (χ1) is 36.6. The summed E-state index contributed by atoms with van der Waals surface area (Å²) in [6, 6.07) is 25.8. The largest absolute Gasteiger partial charge is 0.509 e. The van der Waals surface area contributed by atoms with Crippen molar-refractivity contribution in [1.29, 1.82) is 0 Å². The lowest BCUT2D eigenvalue weighted by Crippen LogP contribution is -2.46. The van der Waals surface area contributed by atoms with Crippen molar-refractivity contribution in [2.75, 3.05) is 0 Å². The van der Waals surface area contributed by atoms with Crippen LogP contribution in [-0.4, -0.2) is 151 Å². The lowest BCUT2D eigenvalue weighted by atomic mass is 9.61. The molecule has 0 atom stereocenters. The maximum atomic E-state index is 11.4. The van der Waals surface area contributed by atoms with Gasteiger partial charge in [-0.3, -0.25) is 0 Å². The molecular formula is C55H23B16N3O3. The molecule has 2 heterocycles. The number of aromatic hydroxyl groups is 2. The summed E-state index contributed by atoms with van der Waals surface area (Å²) in [5.41, 5.74) is 5.05. The number of hydrogen-bond donors (Lipinski definition) is 2. The highest BCUT2D eigenvalue weighted by molar-refractivity contribution is 6.68. The van der Waals surface area contributed by atoms with Gasteiger partial charge in [0.05, 0.1) is 5.75 Å². The van der Waals surface area contributed by atoms with E-state index in [1.54, 1.807) is 6.92 Å². The SMILES string of the molecule is [B]c1c([B])c(-c2nc(-c3ccc(-c4cccc(-c5ccccc5)c4)cc3)nc(-c3c([B])c([B])c4c(oc5c([B])c(-c6c([B])c([B])c(O)c([B])c6[B])c([B])c([B])c54)c3[B])n2)c(-c2c([B])c(O)c([B])c([B])c2C)c(C2CC2)c1[B]. The molecule has 1 aliphatic rings. The van der Waals surface area contributed by atoms with Crippen LogP contribution in [0.3, 0.4) is 0 Å². The van der Waals surface area contributed by atoms with Gasteiger partial charge in [0.1, 0.15) is 142 Å². The lowest BCUT2D eigenvalue weighted by molar-refractivity contribution is 0.484. The van der Waals surface area contributed by atoms with E-state index in [-0.39, 0.29) is 161 Å². The summed E-state index contributed by atoms with van der Waals surface area (Å²) in [6.07, 6.45) is 1.49. The molecule has 0 spiro atoms. The van der Waals surface area contributed by atoms with Gasteiger partial charge >= 0.3 is 0 Å². The molecule has 0 unspecified atom stereocenters. The summed E-state index contributed by atoms with van der Waals surface area (Å²) >= 11 is 0. The van der Waals surface area contributed by atoms with Crippen molar-refractivity contribution in [3.05, 3.63) is 90.0 Å². The molecule has 2 N–H and O–H groups in total. The van der Waals surface area contributed by atoms with Crippen molar-refractivity contribution < 1.29 is 14.6 Å². The zero-order valence-corrected chi connectivity index (χ0v) is 41.4. The Kier molecular flexibility index (Phi) is 13.1. The number of nitrogens with zero attached hydrogens (tertiary/aromatic N) is 3. The molecule has 22 heteroatoms. The third-order valence-electron chi connectivity index (χ3n) is 14.7. The van der Waals surface area contributed by atoms with Gasteiger partial charge in [-0.1, -0.05) is 138 Å². The van der Waals surface area contributed by atoms with Gasteiger partial charge in [-0.15, -0.1) is 10.9 Å². The van der Waals surface area contributed by atoms with Crippen LogP contribution < -0.4 is 87.4 Å². The minimum atomic E-state index is -0.524. The molecule has 1 aliphatic carbocycles. The minimum Gasteiger partial charge on any atom is -0.509 e. The van der Waals surface area contributed by atoms with Crippen LogP contribution in [0.15, 0.2) is 83.3 Å². The third kappa shape index (κ3) is 8.12. The first-order valence-electron chi connectivity index (χ1n) is 24.0. The zero-order valence-electron chi connectivity index (χ0n) is 41.4. The van der Waals surface area contributed by atoms with Crippen molar-refractivity contribution >= 4 is 235 Å². The lowest BCUT2D eigenvalue weighted by Gasteiger charge is -2.28. The van der Waals surface area contributed by atoms with Crippen LogP contribution in [0.1, 0.15) is 29.9 Å². The first kappa shape index (κ1) is 52.3. The number of rotatable bonds is 8. The monoisotopic (exact) mass is 949 g/mol. The van der Waals surface area contributed by atoms with Crippen LogP contribution in [0, 0.1) is 6.92 Å². The molecule has 324 valence electrons. The molecular weight excluding hydrogens is 924 g/mol. The van der Waals surface area contributed by atoms with E-state index in [1.165, 1.54) is 0 Å². The highest BCUT2D eigenvalue weighted by Crippen LogP contribution is 2.46. The average Bonchev–Trinajstić information content (AvgIpc) is 4.20. The standard InChI is InChI=1S/C55H23B16N3O3/c1-17-24(42(65)49(75)46(69)33(17)56)26-25(20-12-13-20)34(57)45(68)40(63)31(26)54-72-53(21-14-10-19(11-15-21)23-9-5-8-22(16-23)18-6-3-2-4-7-18)73-55(74-54)32-41(64)39(62)30-29-38(61)35(58)28(43(66)51(29)77-52(30)44(32)67)27-36(59)47(70)50(76)48(71)37(27)60/h2-11,14-16,20,75-76H,12-13H2,1H3. The summed E-state index contributed by atoms with van der Waals surface area (Å²) in [7, 11) is 107. The molecule has 11 rings (SSSR count). The molecule has 1 saturated carbocycles. The van der Waals surface area contributed by atoms with Crippen molar-refractivity contribution in [3.63, 3.8) is 0 Å². The fraction of sp³-hybridized carbons (Fsp3) is 0.0727. The Labute approximate surface area is 467 Å². The molecule has 0 amide bonds. The normalized spacial score (nSPS) is 12.5. The molecule has 0 aliphatic heterocycles. The van der Waals surface area contributed by atoms with Gasteiger partial charge in [-0.05, 0) is 98.2 Å². The Morgan fingerprint density at radius 2 is 0.792 bits per heavy atom. The summed E-state index contributed by atoms with van der Waals surface area (Å²) in [5, 5.41) is 22.2. The minimum absolute atomic E-state index is 0.00240. The van der Waals surface area contributed by atoms with E-state index < -0.39 is 11.5 Å². The van der Waals surface area contributed by atoms with E-state index in [1.807, 2.05) is 54.6 Å². The maximum absolute atomic E-state index is 11.4. The fourth-order valence-corrected chi connectivity index (χ4v) is 10.4. The Bertz CT molecular complexity index is 4170. The molecule has 0 bridgehead atoms. The maximum Gasteiger partial charge on any atom is 0.164 e. The van der Waals surface area contributed by atoms with Crippen LogP contribution in [0.4, 0.5) is 0 Å². The average molecular weight is 947 g/mol. The number of aromatic nitrogens is 3. The van der Waals surface area contributed by atoms with Crippen molar-refractivity contribution in [1.82, 2.24) is 15.0 Å². The van der Waals surface area contributed by atoms with Crippen LogP contribution in [0.25, 0.3) is 101 Å². The second kappa shape index (κ2) is 19.3. The highest BCUT2D eigenvalue weighted by Gasteiger charge is 2.34. The molecule has 1 fully saturated rings. The number of fused-ring (bicyclic) bond motifs is 3. The molecule has 2 aromatic heterocycles. The third-order valence-corrected chi connectivity index (χ3v) is 14.7. The number of phenols is 2. The number of benzene rings is 8. The van der Waals surface area contributed by atoms with Crippen LogP contribution >= 0.6 is 0 Å². The molecule has 8 aromatic carbocycles. The molecule has 0 saturated heterocycles. The summed E-state index contributed by atoms with van der Waals surface area (Å²) in [4.78, 5) is 15.2. The predicted octanol–water partition coefficient (Wildman–Crippen LogP) is -5.26. The van der Waals surface area contributed by atoms with Gasteiger partial charge in [0.2, 0.25) is 0 Å². The van der Waals surface area contributed by atoms with E-state index >= 15 is 0 Å². The molecule has 77 heavy (non-hydrogen) atoms. The first-order valence-corrected chi connectivity index (χ1v) is 24.0. The van der Waals surface area contributed by atoms with E-state index in [0.29, 0.717) is 22.3 Å². The van der Waals surface area contributed by atoms with Crippen molar-refractivity contribution in [3.8, 4) is 90.2 Å². The Morgan fingerprint density at radius 3 is 1.36 bits per heavy atom. The van der Waals surface area contributed by atoms with E-state index in [9.17, 15) is 10.2 Å². The van der Waals surface area contributed by atoms with E-state index in [2.05, 4.69) is 24.3 Å². The van der Waals surface area contributed by atoms with Crippen molar-refractivity contribution in [2.24, 2.45) is 0 Å². The van der Waals surface area contributed by atoms with E-state index in [4.69, 9.17) is 145 Å². The van der Waals surface area contributed by atoms with E-state index in [0.717, 1.165) is 35.1 Å². The van der Waals surface area contributed by atoms with Gasteiger partial charge in [0.15, 0.2) is 17.5 Å². The van der Waals surface area contributed by atoms with Gasteiger partial charge in [-0.2, -0.15) is 0 Å². The predicted molar refractivity (Wildman–Crippen MR) is 331 cm³/mol. The number of phenolic OH excluding ortho intramolecular Hbond substituents is 2. The van der Waals surface area contributed by atoms with Crippen molar-refractivity contribution in [2.45, 2.75) is 25.7 Å². The van der Waals surface area contributed by atoms with Gasteiger partial charge in [0.25, 0.3) is 0 Å². The molecule has 32 radical (unpaired) electrons. The molecule has 10 aromatic rings. The van der Waals surface area contributed by atoms with Gasteiger partial charge in [-0.25, -0.2) is 15.0 Å². The van der Waals surface area contributed by atoms with Gasteiger partial charge in [0, 0.05) is 27.5 Å². The number of hydrogen-bond acceptors (Lipinski definition) is 6. The summed E-state index contributed by atoms with van der Waals surface area (Å²) < 4.78 is 6.53. The van der Waals surface area contributed by atoms with Gasteiger partial charge < -0.3 is 14.6 Å². The summed E-state index contributed by atoms with van der Waals surface area (Å²) in [6.45, 7) is 1.71. The van der Waals surface area contributed by atoms with Crippen LogP contribution in [0.5, 0.6) is 11.5 Å². The summed E-state index contributed by atoms with van der Waals surface area (Å²) in [5.74, 6) is -1.07. The topological polar surface area (TPSA) is 92.3 Å². The van der Waals surface area contributed by atoms with Crippen LogP contribution in [0.2, 0.25) is 0 Å². The second-order valence-corrected chi connectivity index (χ2v) is 19.2. The van der Waals surface area contributed by atoms with Crippen LogP contribution in [-0.2, 0) is 0 Å². The quantitative estimate of drug-likeness (QED) is 0.148. The highest BCUT2D eigenvalue weighted by atomic mass is 16.3. The second-order valence-electron chi connectivity index (χ2n) is 19.2. The molecule has 6 nitrogen and oxygen atoms in total. The zero-order chi connectivity index (χ0) is 55.0. The Hall–Kier alpha value is -6.79.